The molecule has 1 aromatic rings. The van der Waals surface area contributed by atoms with Gasteiger partial charge in [-0.2, -0.15) is 0 Å². The van der Waals surface area contributed by atoms with Gasteiger partial charge in [-0.25, -0.2) is 0 Å². The maximum atomic E-state index is 10.9. The van der Waals surface area contributed by atoms with E-state index in [-0.39, 0.29) is 5.97 Å². The topological polar surface area (TPSA) is 35.5 Å². The van der Waals surface area contributed by atoms with Gasteiger partial charge in [-0.1, -0.05) is 13.8 Å². The number of carbonyl (C=O) groups excluding carboxylic acids is 1. The quantitative estimate of drug-likeness (QED) is 0.579. The molecule has 0 saturated carbocycles. The summed E-state index contributed by atoms with van der Waals surface area (Å²) in [4.78, 5) is 10.9. The fraction of sp³-hybridized carbons (Fsp3) is 0.385. The lowest BCUT2D eigenvalue weighted by atomic mass is 10.0. The molecule has 1 aromatic carbocycles. The van der Waals surface area contributed by atoms with Crippen LogP contribution in [0.5, 0.6) is 11.5 Å². The number of hydrogen-bond donors (Lipinski definition) is 0. The molecule has 0 fully saturated rings. The van der Waals surface area contributed by atoms with Crippen LogP contribution in [0.2, 0.25) is 0 Å². The van der Waals surface area contributed by atoms with Crippen molar-refractivity contribution < 1.29 is 14.3 Å². The number of esters is 1. The summed E-state index contributed by atoms with van der Waals surface area (Å²) in [7, 11) is 0. The van der Waals surface area contributed by atoms with Crippen LogP contribution in [0.1, 0.15) is 33.3 Å². The molecule has 0 unspecified atom stereocenters. The first-order valence-electron chi connectivity index (χ1n) is 5.29. The van der Waals surface area contributed by atoms with Crippen molar-refractivity contribution in [3.05, 3.63) is 29.7 Å². The van der Waals surface area contributed by atoms with E-state index in [1.807, 2.05) is 32.9 Å². The van der Waals surface area contributed by atoms with Crippen LogP contribution < -0.4 is 9.47 Å². The average Bonchev–Trinajstić information content (AvgIpc) is 2.16. The van der Waals surface area contributed by atoms with E-state index < -0.39 is 0 Å². The Morgan fingerprint density at radius 1 is 1.12 bits per heavy atom. The standard InChI is InChI=1S/C13H17O3/c1-5-15-12-6-11(9(2)3)7-13(8-12)16-10(4)14/h6-8H,5H2,1-4H3. The zero-order valence-electron chi connectivity index (χ0n) is 10.2. The Bertz CT molecular complexity index is 369. The van der Waals surface area contributed by atoms with E-state index in [2.05, 4.69) is 0 Å². The van der Waals surface area contributed by atoms with Gasteiger partial charge in [-0.05, 0) is 30.5 Å². The summed E-state index contributed by atoms with van der Waals surface area (Å²) in [6, 6.07) is 5.49. The largest absolute Gasteiger partial charge is 0.494 e. The fourth-order valence-electron chi connectivity index (χ4n) is 1.34. The summed E-state index contributed by atoms with van der Waals surface area (Å²) >= 11 is 0. The minimum atomic E-state index is -0.326. The van der Waals surface area contributed by atoms with Gasteiger partial charge in [0.15, 0.2) is 0 Å². The van der Waals surface area contributed by atoms with E-state index >= 15 is 0 Å². The van der Waals surface area contributed by atoms with Gasteiger partial charge < -0.3 is 9.47 Å². The number of benzene rings is 1. The summed E-state index contributed by atoms with van der Waals surface area (Å²) in [6.07, 6.45) is 0. The van der Waals surface area contributed by atoms with Crippen molar-refractivity contribution in [3.8, 4) is 11.5 Å². The zero-order chi connectivity index (χ0) is 12.1. The molecule has 0 amide bonds. The number of rotatable bonds is 4. The normalized spacial score (nSPS) is 10.3. The minimum Gasteiger partial charge on any atom is -0.494 e. The average molecular weight is 221 g/mol. The lowest BCUT2D eigenvalue weighted by Gasteiger charge is -2.11. The van der Waals surface area contributed by atoms with Crippen LogP contribution in [0, 0.1) is 5.92 Å². The van der Waals surface area contributed by atoms with E-state index in [0.717, 1.165) is 17.2 Å². The van der Waals surface area contributed by atoms with Gasteiger partial charge in [0.2, 0.25) is 0 Å². The Labute approximate surface area is 96.4 Å². The molecule has 0 aliphatic rings. The van der Waals surface area contributed by atoms with Crippen LogP contribution in [0.25, 0.3) is 0 Å². The molecule has 0 heterocycles. The van der Waals surface area contributed by atoms with E-state index in [4.69, 9.17) is 9.47 Å². The summed E-state index contributed by atoms with van der Waals surface area (Å²) in [6.45, 7) is 7.90. The third kappa shape index (κ3) is 3.57. The summed E-state index contributed by atoms with van der Waals surface area (Å²) in [5.74, 6) is 2.07. The summed E-state index contributed by atoms with van der Waals surface area (Å²) in [5, 5.41) is 0. The third-order valence-corrected chi connectivity index (χ3v) is 2.03. The predicted molar refractivity (Wildman–Crippen MR) is 62.6 cm³/mol. The number of ether oxygens (including phenoxy) is 2. The fourth-order valence-corrected chi connectivity index (χ4v) is 1.34. The van der Waals surface area contributed by atoms with Gasteiger partial charge in [0, 0.05) is 13.0 Å². The first-order valence-corrected chi connectivity index (χ1v) is 5.29. The molecule has 87 valence electrons. The monoisotopic (exact) mass is 221 g/mol. The maximum Gasteiger partial charge on any atom is 0.308 e. The third-order valence-electron chi connectivity index (χ3n) is 2.03. The molecule has 3 nitrogen and oxygen atoms in total. The van der Waals surface area contributed by atoms with Gasteiger partial charge >= 0.3 is 5.97 Å². The Morgan fingerprint density at radius 2 is 1.75 bits per heavy atom. The molecular weight excluding hydrogens is 204 g/mol. The van der Waals surface area contributed by atoms with Crippen molar-refractivity contribution in [1.82, 2.24) is 0 Å². The molecular formula is C13H17O3. The van der Waals surface area contributed by atoms with Crippen LogP contribution in [-0.2, 0) is 4.79 Å². The molecule has 0 bridgehead atoms. The molecule has 0 aliphatic carbocycles. The number of hydrogen-bond acceptors (Lipinski definition) is 3. The van der Waals surface area contributed by atoms with Crippen LogP contribution in [0.4, 0.5) is 0 Å². The number of carbonyl (C=O) groups is 1. The SMILES string of the molecule is CCOc1cc(OC(C)=O)cc([C](C)C)c1. The van der Waals surface area contributed by atoms with E-state index in [0.29, 0.717) is 12.4 Å². The van der Waals surface area contributed by atoms with Gasteiger partial charge in [0.1, 0.15) is 11.5 Å². The van der Waals surface area contributed by atoms with Crippen LogP contribution in [0.3, 0.4) is 0 Å². The first-order chi connectivity index (χ1) is 7.52. The van der Waals surface area contributed by atoms with Crippen LogP contribution in [0.15, 0.2) is 18.2 Å². The van der Waals surface area contributed by atoms with Gasteiger partial charge in [-0.3, -0.25) is 4.79 Å². The Balaban J connectivity index is 3.03. The molecule has 16 heavy (non-hydrogen) atoms. The van der Waals surface area contributed by atoms with E-state index in [9.17, 15) is 4.79 Å². The van der Waals surface area contributed by atoms with Gasteiger partial charge in [0.25, 0.3) is 0 Å². The smallest absolute Gasteiger partial charge is 0.308 e. The van der Waals surface area contributed by atoms with E-state index in [1.165, 1.54) is 6.92 Å². The molecule has 3 heteroatoms. The second kappa shape index (κ2) is 5.54. The Morgan fingerprint density at radius 3 is 2.25 bits per heavy atom. The summed E-state index contributed by atoms with van der Waals surface area (Å²) in [5.41, 5.74) is 1.02. The van der Waals surface area contributed by atoms with Crippen molar-refractivity contribution in [2.45, 2.75) is 27.7 Å². The zero-order valence-corrected chi connectivity index (χ0v) is 10.2. The molecule has 0 aromatic heterocycles. The highest BCUT2D eigenvalue weighted by Crippen LogP contribution is 2.27. The Hall–Kier alpha value is -1.51. The van der Waals surface area contributed by atoms with Crippen molar-refractivity contribution >= 4 is 5.97 Å². The molecule has 0 aliphatic heterocycles. The maximum absolute atomic E-state index is 10.9. The predicted octanol–water partition coefficient (Wildman–Crippen LogP) is 2.97. The summed E-state index contributed by atoms with van der Waals surface area (Å²) < 4.78 is 10.5. The second-order valence-corrected chi connectivity index (χ2v) is 3.72. The molecule has 0 N–H and O–H groups in total. The Kier molecular flexibility index (Phi) is 4.35. The highest BCUT2D eigenvalue weighted by molar-refractivity contribution is 5.69. The van der Waals surface area contributed by atoms with E-state index in [1.54, 1.807) is 6.07 Å². The molecule has 1 radical (unpaired) electrons. The van der Waals surface area contributed by atoms with Gasteiger partial charge in [0.05, 0.1) is 6.61 Å². The molecule has 0 atom stereocenters. The van der Waals surface area contributed by atoms with Crippen molar-refractivity contribution in [2.75, 3.05) is 6.61 Å². The highest BCUT2D eigenvalue weighted by atomic mass is 16.5. The second-order valence-electron chi connectivity index (χ2n) is 3.72. The van der Waals surface area contributed by atoms with Gasteiger partial charge in [-0.15, -0.1) is 0 Å². The van der Waals surface area contributed by atoms with Crippen molar-refractivity contribution in [1.29, 1.82) is 0 Å². The molecule has 0 spiro atoms. The highest BCUT2D eigenvalue weighted by Gasteiger charge is 2.07. The van der Waals surface area contributed by atoms with Crippen LogP contribution >= 0.6 is 0 Å². The van der Waals surface area contributed by atoms with Crippen molar-refractivity contribution in [2.24, 2.45) is 0 Å². The first kappa shape index (κ1) is 12.6. The van der Waals surface area contributed by atoms with Crippen LogP contribution in [-0.4, -0.2) is 12.6 Å². The molecule has 1 rings (SSSR count). The molecule has 0 saturated heterocycles. The lowest BCUT2D eigenvalue weighted by molar-refractivity contribution is -0.131. The minimum absolute atomic E-state index is 0.326. The van der Waals surface area contributed by atoms with Crippen molar-refractivity contribution in [3.63, 3.8) is 0 Å². The lowest BCUT2D eigenvalue weighted by Crippen LogP contribution is -2.03.